The van der Waals surface area contributed by atoms with E-state index in [1.165, 1.54) is 0 Å². The van der Waals surface area contributed by atoms with E-state index in [0.717, 1.165) is 11.1 Å². The number of nitrogens with one attached hydrogen (secondary N) is 1. The van der Waals surface area contributed by atoms with Crippen LogP contribution in [0.2, 0.25) is 0 Å². The molecule has 1 fully saturated rings. The molecule has 2 heterocycles. The van der Waals surface area contributed by atoms with Crippen LogP contribution in [-0.4, -0.2) is 69.5 Å². The highest BCUT2D eigenvalue weighted by atomic mass is 32.2. The molecule has 2 aromatic rings. The Bertz CT molecular complexity index is 993. The highest BCUT2D eigenvalue weighted by molar-refractivity contribution is 7.87. The van der Waals surface area contributed by atoms with E-state index in [9.17, 15) is 27.4 Å². The topological polar surface area (TPSA) is 91.8 Å². The lowest BCUT2D eigenvalue weighted by Gasteiger charge is -2.39. The van der Waals surface area contributed by atoms with Gasteiger partial charge < -0.3 is 9.64 Å². The van der Waals surface area contributed by atoms with E-state index >= 15 is 0 Å². The van der Waals surface area contributed by atoms with Crippen molar-refractivity contribution in [2.75, 3.05) is 33.4 Å². The van der Waals surface area contributed by atoms with Gasteiger partial charge in [-0.3, -0.25) is 19.2 Å². The predicted molar refractivity (Wildman–Crippen MR) is 125 cm³/mol. The van der Waals surface area contributed by atoms with Crippen molar-refractivity contribution in [3.05, 3.63) is 48.2 Å². The average Bonchev–Trinajstić information content (AvgIpc) is 2.86. The number of rotatable bonds is 10. The Hall–Kier alpha value is -2.34. The van der Waals surface area contributed by atoms with Crippen molar-refractivity contribution >= 4 is 16.7 Å². The Kier molecular flexibility index (Phi) is 9.40. The van der Waals surface area contributed by atoms with Crippen LogP contribution < -0.4 is 5.48 Å². The average molecular weight is 514 g/mol. The molecule has 35 heavy (non-hydrogen) atoms. The van der Waals surface area contributed by atoms with Crippen LogP contribution >= 0.6 is 0 Å². The minimum Gasteiger partial charge on any atom is -0.383 e. The van der Waals surface area contributed by atoms with Gasteiger partial charge in [-0.05, 0) is 49.4 Å². The molecule has 2 N–H and O–H groups in total. The van der Waals surface area contributed by atoms with Crippen LogP contribution in [0.4, 0.5) is 13.2 Å². The lowest BCUT2D eigenvalue weighted by Crippen LogP contribution is -2.56. The van der Waals surface area contributed by atoms with Gasteiger partial charge in [-0.25, -0.2) is 5.48 Å². The first kappa shape index (κ1) is 27.3. The summed E-state index contributed by atoms with van der Waals surface area (Å²) in [4.78, 5) is 19.5. The fourth-order valence-electron chi connectivity index (χ4n) is 4.17. The van der Waals surface area contributed by atoms with E-state index in [4.69, 9.17) is 4.74 Å². The molecular weight excluding hydrogens is 483 g/mol. The molecule has 0 saturated carbocycles. The normalized spacial score (nSPS) is 17.2. The summed E-state index contributed by atoms with van der Waals surface area (Å²) in [5, 5.41) is 9.33. The number of aromatic nitrogens is 1. The molecule has 1 amide bonds. The molecule has 1 unspecified atom stereocenters. The first-order chi connectivity index (χ1) is 16.7. The van der Waals surface area contributed by atoms with E-state index in [0.29, 0.717) is 56.1 Å². The Labute approximate surface area is 205 Å². The van der Waals surface area contributed by atoms with Crippen molar-refractivity contribution < 1.29 is 32.1 Å². The largest absolute Gasteiger partial charge is 0.389 e. The molecule has 1 saturated heterocycles. The summed E-state index contributed by atoms with van der Waals surface area (Å²) in [6.45, 7) is 2.38. The number of halogens is 3. The SMILES string of the molecule is COCCN1CCC(C(=O)NO)(S(=O)c2ccc(-c3ccc(CCCC(F)(F)F)cn3)cc2)CC1. The Balaban J connectivity index is 1.68. The lowest BCUT2D eigenvalue weighted by molar-refractivity contribution is -0.135. The standard InChI is InChI=1S/C24H30F3N3O4S/c1-34-16-15-30-13-11-23(12-14-30,22(31)29-32)35(33)20-7-5-19(6-8-20)21-9-4-18(17-28-21)3-2-10-24(25,26)27/h4-9,17,32H,2-3,10-16H2,1H3,(H,29,31). The van der Waals surface area contributed by atoms with Crippen molar-refractivity contribution in [1.29, 1.82) is 0 Å². The number of benzene rings is 1. The molecule has 0 radical (unpaired) electrons. The van der Waals surface area contributed by atoms with E-state index < -0.39 is 34.1 Å². The minimum atomic E-state index is -4.16. The van der Waals surface area contributed by atoms with Gasteiger partial charge in [-0.1, -0.05) is 18.2 Å². The van der Waals surface area contributed by atoms with Crippen LogP contribution in [0, 0.1) is 0 Å². The third-order valence-corrected chi connectivity index (χ3v) is 8.26. The number of piperidine rings is 1. The van der Waals surface area contributed by atoms with Crippen LogP contribution in [0.5, 0.6) is 0 Å². The van der Waals surface area contributed by atoms with E-state index in [1.807, 2.05) is 0 Å². The van der Waals surface area contributed by atoms with Gasteiger partial charge in [0.15, 0.2) is 0 Å². The number of pyridine rings is 1. The zero-order valence-corrected chi connectivity index (χ0v) is 20.3. The lowest BCUT2D eigenvalue weighted by atomic mass is 9.95. The van der Waals surface area contributed by atoms with E-state index in [-0.39, 0.29) is 6.42 Å². The van der Waals surface area contributed by atoms with Crippen LogP contribution in [0.15, 0.2) is 47.5 Å². The zero-order chi connectivity index (χ0) is 25.5. The second-order valence-electron chi connectivity index (χ2n) is 8.58. The monoisotopic (exact) mass is 513 g/mol. The molecule has 1 atom stereocenters. The summed E-state index contributed by atoms with van der Waals surface area (Å²) in [6.07, 6.45) is -2.46. The van der Waals surface area contributed by atoms with Gasteiger partial charge in [0, 0.05) is 49.8 Å². The Morgan fingerprint density at radius 2 is 1.89 bits per heavy atom. The number of nitrogens with zero attached hydrogens (tertiary/aromatic N) is 2. The van der Waals surface area contributed by atoms with Crippen molar-refractivity contribution in [2.24, 2.45) is 0 Å². The van der Waals surface area contributed by atoms with Crippen LogP contribution in [0.25, 0.3) is 11.3 Å². The smallest absolute Gasteiger partial charge is 0.383 e. The van der Waals surface area contributed by atoms with Gasteiger partial charge in [0.25, 0.3) is 5.91 Å². The summed E-state index contributed by atoms with van der Waals surface area (Å²) in [7, 11) is -0.0811. The van der Waals surface area contributed by atoms with Crippen LogP contribution in [0.3, 0.4) is 0 Å². The van der Waals surface area contributed by atoms with Crippen LogP contribution in [0.1, 0.15) is 31.2 Å². The van der Waals surface area contributed by atoms with Crippen molar-refractivity contribution in [1.82, 2.24) is 15.4 Å². The van der Waals surface area contributed by atoms with Gasteiger partial charge in [-0.15, -0.1) is 0 Å². The third kappa shape index (κ3) is 7.09. The summed E-state index contributed by atoms with van der Waals surface area (Å²) in [6, 6.07) is 10.3. The number of hydroxylamine groups is 1. The first-order valence-corrected chi connectivity index (χ1v) is 12.5. The highest BCUT2D eigenvalue weighted by Crippen LogP contribution is 2.34. The number of carbonyl (C=O) groups excluding carboxylic acids is 1. The molecule has 0 aliphatic carbocycles. The summed E-state index contributed by atoms with van der Waals surface area (Å²) >= 11 is 0. The molecule has 11 heteroatoms. The molecule has 0 spiro atoms. The number of ether oxygens (including phenoxy) is 1. The fraction of sp³-hybridized carbons (Fsp3) is 0.500. The third-order valence-electron chi connectivity index (χ3n) is 6.26. The maximum absolute atomic E-state index is 13.5. The second-order valence-corrected chi connectivity index (χ2v) is 10.4. The number of alkyl halides is 3. The molecule has 1 aliphatic heterocycles. The number of hydrogen-bond donors (Lipinski definition) is 2. The molecule has 192 valence electrons. The van der Waals surface area contributed by atoms with Crippen LogP contribution in [-0.2, 0) is 26.8 Å². The molecular formula is C24H30F3N3O4S. The highest BCUT2D eigenvalue weighted by Gasteiger charge is 2.47. The fourth-order valence-corrected chi connectivity index (χ4v) is 5.77. The quantitative estimate of drug-likeness (QED) is 0.372. The summed E-state index contributed by atoms with van der Waals surface area (Å²) in [5.74, 6) is -0.658. The molecule has 7 nitrogen and oxygen atoms in total. The van der Waals surface area contributed by atoms with Gasteiger partial charge in [0.2, 0.25) is 0 Å². The Morgan fingerprint density at radius 1 is 1.20 bits per heavy atom. The number of aryl methyl sites for hydroxylation is 1. The van der Waals surface area contributed by atoms with Gasteiger partial charge in [-0.2, -0.15) is 13.2 Å². The molecule has 3 rings (SSSR count). The molecule has 1 aliphatic rings. The van der Waals surface area contributed by atoms with Crippen molar-refractivity contribution in [3.8, 4) is 11.3 Å². The predicted octanol–water partition coefficient (Wildman–Crippen LogP) is 3.73. The number of methoxy groups -OCH3 is 1. The van der Waals surface area contributed by atoms with E-state index in [2.05, 4.69) is 9.88 Å². The van der Waals surface area contributed by atoms with E-state index in [1.54, 1.807) is 55.2 Å². The van der Waals surface area contributed by atoms with Gasteiger partial charge in [0.1, 0.15) is 4.75 Å². The van der Waals surface area contributed by atoms with Gasteiger partial charge >= 0.3 is 6.18 Å². The number of amides is 1. The maximum atomic E-state index is 13.5. The summed E-state index contributed by atoms with van der Waals surface area (Å²) in [5.41, 5.74) is 3.82. The molecule has 1 aromatic heterocycles. The Morgan fingerprint density at radius 3 is 2.43 bits per heavy atom. The molecule has 1 aromatic carbocycles. The second kappa shape index (κ2) is 12.1. The van der Waals surface area contributed by atoms with Crippen molar-refractivity contribution in [2.45, 2.75) is 47.9 Å². The minimum absolute atomic E-state index is 0.0122. The number of likely N-dealkylation sites (tertiary alicyclic amines) is 1. The zero-order valence-electron chi connectivity index (χ0n) is 19.5. The van der Waals surface area contributed by atoms with Gasteiger partial charge in [0.05, 0.1) is 23.1 Å². The number of carbonyl (C=O) groups is 1. The van der Waals surface area contributed by atoms with Crippen molar-refractivity contribution in [3.63, 3.8) is 0 Å². The molecule has 0 bridgehead atoms. The maximum Gasteiger partial charge on any atom is 0.389 e. The first-order valence-electron chi connectivity index (χ1n) is 11.4. The number of hydrogen-bond acceptors (Lipinski definition) is 6. The summed E-state index contributed by atoms with van der Waals surface area (Å²) < 4.78 is 54.3.